The van der Waals surface area contributed by atoms with Crippen LogP contribution in [0.2, 0.25) is 0 Å². The van der Waals surface area contributed by atoms with Crippen LogP contribution in [0.15, 0.2) is 12.2 Å². The molecule has 0 aromatic carbocycles. The fraction of sp³-hybridized carbons (Fsp3) is 0.789. The number of cyclic esters (lactones) is 2. The summed E-state index contributed by atoms with van der Waals surface area (Å²) >= 11 is 0. The van der Waals surface area contributed by atoms with Gasteiger partial charge in [0.1, 0.15) is 0 Å². The molecule has 4 atom stereocenters. The van der Waals surface area contributed by atoms with E-state index >= 15 is 0 Å². The molecule has 3 heteroatoms. The Morgan fingerprint density at radius 2 is 1.91 bits per heavy atom. The molecule has 0 radical (unpaired) electrons. The summed E-state index contributed by atoms with van der Waals surface area (Å²) in [6, 6.07) is 0. The third-order valence-electron chi connectivity index (χ3n) is 4.76. The molecule has 3 nitrogen and oxygen atoms in total. The minimum Gasteiger partial charge on any atom is -0.393 e. The Labute approximate surface area is 135 Å². The van der Waals surface area contributed by atoms with E-state index in [4.69, 9.17) is 0 Å². The maximum atomic E-state index is 11.6. The van der Waals surface area contributed by atoms with Crippen LogP contribution in [0.1, 0.15) is 72.6 Å². The standard InChI is InChI=1S/C19H32O3/c1-5-7-8-9-14(3)12-16(6-2)11-10-15(4)17-13-18(20)22-19(17)21/h10-11,14-17H,5-9,12-13H2,1-4H3/b11-10+. The molecular formula is C19H32O3. The Morgan fingerprint density at radius 1 is 1.18 bits per heavy atom. The summed E-state index contributed by atoms with van der Waals surface area (Å²) < 4.78 is 4.64. The van der Waals surface area contributed by atoms with E-state index < -0.39 is 0 Å². The molecular weight excluding hydrogens is 276 g/mol. The van der Waals surface area contributed by atoms with Crippen LogP contribution < -0.4 is 0 Å². The highest BCUT2D eigenvalue weighted by Gasteiger charge is 2.36. The van der Waals surface area contributed by atoms with Crippen molar-refractivity contribution >= 4 is 11.9 Å². The highest BCUT2D eigenvalue weighted by Crippen LogP contribution is 2.27. The minimum atomic E-state index is -0.383. The Balaban J connectivity index is 2.43. The molecule has 1 aliphatic heterocycles. The van der Waals surface area contributed by atoms with E-state index in [0.29, 0.717) is 5.92 Å². The molecule has 0 N–H and O–H groups in total. The van der Waals surface area contributed by atoms with Crippen LogP contribution in [0.4, 0.5) is 0 Å². The first kappa shape index (κ1) is 18.9. The normalized spacial score (nSPS) is 22.8. The van der Waals surface area contributed by atoms with Gasteiger partial charge in [0.2, 0.25) is 0 Å². The molecule has 0 aromatic heterocycles. The van der Waals surface area contributed by atoms with Crippen molar-refractivity contribution in [3.63, 3.8) is 0 Å². The lowest BCUT2D eigenvalue weighted by Crippen LogP contribution is -2.15. The molecule has 1 saturated heterocycles. The number of allylic oxidation sites excluding steroid dienone is 2. The number of esters is 2. The van der Waals surface area contributed by atoms with Gasteiger partial charge in [0.25, 0.3) is 0 Å². The molecule has 1 fully saturated rings. The number of ether oxygens (including phenoxy) is 1. The summed E-state index contributed by atoms with van der Waals surface area (Å²) in [4.78, 5) is 22.8. The van der Waals surface area contributed by atoms with Gasteiger partial charge in [-0.2, -0.15) is 0 Å². The van der Waals surface area contributed by atoms with Gasteiger partial charge >= 0.3 is 11.9 Å². The molecule has 4 unspecified atom stereocenters. The van der Waals surface area contributed by atoms with E-state index in [0.717, 1.165) is 12.3 Å². The number of hydrogen-bond acceptors (Lipinski definition) is 3. The van der Waals surface area contributed by atoms with E-state index in [9.17, 15) is 9.59 Å². The van der Waals surface area contributed by atoms with Gasteiger partial charge in [-0.25, -0.2) is 0 Å². The lowest BCUT2D eigenvalue weighted by atomic mass is 9.87. The molecule has 0 aromatic rings. The van der Waals surface area contributed by atoms with Crippen molar-refractivity contribution < 1.29 is 14.3 Å². The molecule has 0 saturated carbocycles. The summed E-state index contributed by atoms with van der Waals surface area (Å²) in [5, 5.41) is 0. The largest absolute Gasteiger partial charge is 0.393 e. The van der Waals surface area contributed by atoms with E-state index in [-0.39, 0.29) is 30.2 Å². The molecule has 0 aliphatic carbocycles. The van der Waals surface area contributed by atoms with Gasteiger partial charge in [0.05, 0.1) is 12.3 Å². The summed E-state index contributed by atoms with van der Waals surface area (Å²) in [6.07, 6.45) is 12.1. The van der Waals surface area contributed by atoms with Gasteiger partial charge in [0, 0.05) is 0 Å². The van der Waals surface area contributed by atoms with Gasteiger partial charge < -0.3 is 4.74 Å². The topological polar surface area (TPSA) is 43.4 Å². The lowest BCUT2D eigenvalue weighted by Gasteiger charge is -2.18. The van der Waals surface area contributed by atoms with Crippen molar-refractivity contribution in [3.8, 4) is 0 Å². The maximum Gasteiger partial charge on any atom is 0.317 e. The molecule has 1 aliphatic rings. The number of carbonyl (C=O) groups is 2. The molecule has 1 heterocycles. The Morgan fingerprint density at radius 3 is 2.45 bits per heavy atom. The molecule has 0 amide bonds. The van der Waals surface area contributed by atoms with Crippen molar-refractivity contribution in [1.29, 1.82) is 0 Å². The predicted molar refractivity (Wildman–Crippen MR) is 89.2 cm³/mol. The quantitative estimate of drug-likeness (QED) is 0.249. The summed E-state index contributed by atoms with van der Waals surface area (Å²) in [7, 11) is 0. The van der Waals surface area contributed by atoms with Crippen LogP contribution >= 0.6 is 0 Å². The van der Waals surface area contributed by atoms with Crippen molar-refractivity contribution in [2.45, 2.75) is 72.6 Å². The van der Waals surface area contributed by atoms with E-state index in [2.05, 4.69) is 37.7 Å². The molecule has 22 heavy (non-hydrogen) atoms. The molecule has 1 rings (SSSR count). The van der Waals surface area contributed by atoms with Crippen LogP contribution in [0.3, 0.4) is 0 Å². The van der Waals surface area contributed by atoms with Gasteiger partial charge in [-0.05, 0) is 30.6 Å². The zero-order chi connectivity index (χ0) is 16.5. The number of hydrogen-bond donors (Lipinski definition) is 0. The Hall–Kier alpha value is -1.12. The predicted octanol–water partition coefficient (Wildman–Crippen LogP) is 4.90. The Kier molecular flexibility index (Phi) is 8.44. The second-order valence-electron chi connectivity index (χ2n) is 6.85. The second-order valence-corrected chi connectivity index (χ2v) is 6.85. The van der Waals surface area contributed by atoms with Gasteiger partial charge in [-0.3, -0.25) is 9.59 Å². The van der Waals surface area contributed by atoms with Crippen molar-refractivity contribution in [1.82, 2.24) is 0 Å². The van der Waals surface area contributed by atoms with Crippen LogP contribution in [-0.2, 0) is 14.3 Å². The van der Waals surface area contributed by atoms with E-state index in [1.54, 1.807) is 0 Å². The SMILES string of the molecule is CCCCCC(C)CC(/C=C/C(C)C1CC(=O)OC1=O)CC. The first-order chi connectivity index (χ1) is 10.5. The molecule has 0 bridgehead atoms. The van der Waals surface area contributed by atoms with Gasteiger partial charge in [-0.1, -0.05) is 65.5 Å². The van der Waals surface area contributed by atoms with E-state index in [1.165, 1.54) is 32.1 Å². The summed E-state index contributed by atoms with van der Waals surface area (Å²) in [5.41, 5.74) is 0. The fourth-order valence-electron chi connectivity index (χ4n) is 3.12. The van der Waals surface area contributed by atoms with Gasteiger partial charge in [-0.15, -0.1) is 0 Å². The maximum absolute atomic E-state index is 11.6. The lowest BCUT2D eigenvalue weighted by molar-refractivity contribution is -0.153. The third kappa shape index (κ3) is 6.33. The zero-order valence-corrected chi connectivity index (χ0v) is 14.6. The smallest absolute Gasteiger partial charge is 0.317 e. The monoisotopic (exact) mass is 308 g/mol. The molecule has 0 spiro atoms. The first-order valence-electron chi connectivity index (χ1n) is 8.90. The molecule has 126 valence electrons. The Bertz CT molecular complexity index is 386. The number of unbranched alkanes of at least 4 members (excludes halogenated alkanes) is 2. The summed E-state index contributed by atoms with van der Waals surface area (Å²) in [6.45, 7) is 8.79. The van der Waals surface area contributed by atoms with Crippen LogP contribution in [-0.4, -0.2) is 11.9 Å². The average Bonchev–Trinajstić information content (AvgIpc) is 2.82. The fourth-order valence-corrected chi connectivity index (χ4v) is 3.12. The van der Waals surface area contributed by atoms with Crippen LogP contribution in [0.5, 0.6) is 0 Å². The average molecular weight is 308 g/mol. The van der Waals surface area contributed by atoms with Crippen LogP contribution in [0, 0.1) is 23.7 Å². The number of carbonyl (C=O) groups excluding carboxylic acids is 2. The van der Waals surface area contributed by atoms with Gasteiger partial charge in [0.15, 0.2) is 0 Å². The highest BCUT2D eigenvalue weighted by molar-refractivity contribution is 5.94. The highest BCUT2D eigenvalue weighted by atomic mass is 16.6. The number of rotatable bonds is 10. The van der Waals surface area contributed by atoms with Crippen molar-refractivity contribution in [2.24, 2.45) is 23.7 Å². The zero-order valence-electron chi connectivity index (χ0n) is 14.6. The van der Waals surface area contributed by atoms with Crippen LogP contribution in [0.25, 0.3) is 0 Å². The summed E-state index contributed by atoms with van der Waals surface area (Å²) in [5.74, 6) is 0.350. The van der Waals surface area contributed by atoms with Crippen molar-refractivity contribution in [3.05, 3.63) is 12.2 Å². The third-order valence-corrected chi connectivity index (χ3v) is 4.76. The second kappa shape index (κ2) is 9.81. The minimum absolute atomic E-state index is 0.0726. The van der Waals surface area contributed by atoms with E-state index in [1.807, 2.05) is 6.92 Å². The first-order valence-corrected chi connectivity index (χ1v) is 8.90. The van der Waals surface area contributed by atoms with Crippen molar-refractivity contribution in [2.75, 3.05) is 0 Å².